The zero-order valence-corrected chi connectivity index (χ0v) is 20.5. The molecule has 7 heteroatoms. The summed E-state index contributed by atoms with van der Waals surface area (Å²) in [5.41, 5.74) is 6.75. The number of ether oxygens (including phenoxy) is 1. The van der Waals surface area contributed by atoms with Crippen molar-refractivity contribution in [1.29, 1.82) is 0 Å². The molecule has 2 fully saturated rings. The molecule has 182 valence electrons. The zero-order valence-electron chi connectivity index (χ0n) is 20.5. The van der Waals surface area contributed by atoms with Gasteiger partial charge in [0.2, 0.25) is 5.91 Å². The van der Waals surface area contributed by atoms with Crippen LogP contribution in [-0.4, -0.2) is 47.0 Å². The smallest absolute Gasteiger partial charge is 0.326 e. The lowest BCUT2D eigenvalue weighted by atomic mass is 9.81. The van der Waals surface area contributed by atoms with Crippen molar-refractivity contribution in [1.82, 2.24) is 4.90 Å². The molecule has 1 aliphatic carbocycles. The van der Waals surface area contributed by atoms with Crippen LogP contribution in [-0.2, 0) is 14.3 Å². The van der Waals surface area contributed by atoms with Gasteiger partial charge in [-0.15, -0.1) is 0 Å². The van der Waals surface area contributed by atoms with Crippen molar-refractivity contribution < 1.29 is 19.1 Å². The lowest BCUT2D eigenvalue weighted by molar-refractivity contribution is -0.160. The molecule has 0 radical (unpaired) electrons. The lowest BCUT2D eigenvalue weighted by Gasteiger charge is -2.39. The topological polar surface area (TPSA) is 92.9 Å². The van der Waals surface area contributed by atoms with Crippen molar-refractivity contribution in [2.75, 3.05) is 11.4 Å². The summed E-state index contributed by atoms with van der Waals surface area (Å²) in [5, 5.41) is 0. The van der Waals surface area contributed by atoms with E-state index in [1.54, 1.807) is 11.0 Å². The minimum Gasteiger partial charge on any atom is -0.459 e. The second-order valence-corrected chi connectivity index (χ2v) is 10.5. The number of carbonyl (C=O) groups is 3. The highest BCUT2D eigenvalue weighted by Gasteiger charge is 2.42. The number of hydrogen-bond donors (Lipinski definition) is 1. The summed E-state index contributed by atoms with van der Waals surface area (Å²) in [6.45, 7) is 7.30. The van der Waals surface area contributed by atoms with E-state index in [1.165, 1.54) is 11.3 Å². The number of primary amides is 1. The molecule has 1 aromatic rings. The molecule has 0 aromatic heterocycles. The Bertz CT molecular complexity index is 857. The monoisotopic (exact) mass is 457 g/mol. The number of nitrogens with zero attached hydrogens (tertiary/aromatic N) is 2. The molecule has 7 nitrogen and oxygen atoms in total. The normalized spacial score (nSPS) is 22.5. The predicted octanol–water partition coefficient (Wildman–Crippen LogP) is 4.55. The quantitative estimate of drug-likeness (QED) is 0.657. The molecule has 1 aliphatic heterocycles. The number of urea groups is 1. The van der Waals surface area contributed by atoms with Crippen LogP contribution in [0.3, 0.4) is 0 Å². The fourth-order valence-corrected chi connectivity index (χ4v) is 5.35. The highest BCUT2D eigenvalue weighted by molar-refractivity contribution is 6.00. The Morgan fingerprint density at radius 2 is 1.79 bits per heavy atom. The number of aryl methyl sites for hydroxylation is 1. The number of hydrogen-bond acceptors (Lipinski definition) is 4. The molecule has 0 bridgehead atoms. The summed E-state index contributed by atoms with van der Waals surface area (Å²) in [5.74, 6) is -0.266. The fourth-order valence-electron chi connectivity index (χ4n) is 5.35. The second kappa shape index (κ2) is 10.6. The number of nitrogens with two attached hydrogens (primary N) is 1. The number of carbonyl (C=O) groups excluding carboxylic acids is 3. The van der Waals surface area contributed by atoms with Crippen LogP contribution in [0.4, 0.5) is 10.5 Å². The van der Waals surface area contributed by atoms with E-state index in [9.17, 15) is 14.4 Å². The highest BCUT2D eigenvalue weighted by atomic mass is 16.6. The molecule has 1 saturated heterocycles. The minimum absolute atomic E-state index is 0.0254. The van der Waals surface area contributed by atoms with E-state index >= 15 is 0 Å². The van der Waals surface area contributed by atoms with Gasteiger partial charge in [-0.05, 0) is 83.4 Å². The predicted molar refractivity (Wildman–Crippen MR) is 129 cm³/mol. The molecule has 0 spiro atoms. The van der Waals surface area contributed by atoms with E-state index in [0.29, 0.717) is 18.0 Å². The van der Waals surface area contributed by atoms with E-state index in [2.05, 4.69) is 0 Å². The van der Waals surface area contributed by atoms with Gasteiger partial charge in [-0.3, -0.25) is 14.5 Å². The van der Waals surface area contributed by atoms with E-state index in [4.69, 9.17) is 10.5 Å². The van der Waals surface area contributed by atoms with Crippen molar-refractivity contribution in [3.8, 4) is 0 Å². The molecular weight excluding hydrogens is 418 g/mol. The Morgan fingerprint density at radius 3 is 2.39 bits per heavy atom. The standard InChI is InChI=1S/C26H39N3O4/c1-18-10-8-13-20(16-18)29(25(27)32)22-15-9-14-21(19-11-6-5-7-12-19)28(24(22)31)17-23(30)33-26(2,3)4/h8,10,13,16,19,21-22H,5-7,9,11-12,14-15,17H2,1-4H3,(H2,27,32). The van der Waals surface area contributed by atoms with Gasteiger partial charge >= 0.3 is 12.0 Å². The number of amides is 3. The largest absolute Gasteiger partial charge is 0.459 e. The van der Waals surface area contributed by atoms with Crippen molar-refractivity contribution in [2.45, 2.75) is 96.7 Å². The lowest BCUT2D eigenvalue weighted by Crippen LogP contribution is -2.56. The Hall–Kier alpha value is -2.57. The molecule has 2 atom stereocenters. The third kappa shape index (κ3) is 6.49. The van der Waals surface area contributed by atoms with E-state index in [1.807, 2.05) is 45.9 Å². The molecular formula is C26H39N3O4. The Morgan fingerprint density at radius 1 is 1.09 bits per heavy atom. The van der Waals surface area contributed by atoms with Crippen LogP contribution in [0.15, 0.2) is 24.3 Å². The van der Waals surface area contributed by atoms with E-state index in [-0.39, 0.29) is 18.5 Å². The highest BCUT2D eigenvalue weighted by Crippen LogP contribution is 2.35. The summed E-state index contributed by atoms with van der Waals surface area (Å²) in [4.78, 5) is 42.4. The number of esters is 1. The second-order valence-electron chi connectivity index (χ2n) is 10.5. The van der Waals surface area contributed by atoms with Crippen LogP contribution in [0.2, 0.25) is 0 Å². The molecule has 3 rings (SSSR count). The average molecular weight is 458 g/mol. The van der Waals surface area contributed by atoms with Gasteiger partial charge in [0, 0.05) is 11.7 Å². The van der Waals surface area contributed by atoms with Gasteiger partial charge in [0.1, 0.15) is 18.2 Å². The summed E-state index contributed by atoms with van der Waals surface area (Å²) < 4.78 is 5.57. The maximum Gasteiger partial charge on any atom is 0.326 e. The van der Waals surface area contributed by atoms with Crippen LogP contribution in [0.1, 0.15) is 77.7 Å². The van der Waals surface area contributed by atoms with Gasteiger partial charge in [0.15, 0.2) is 0 Å². The van der Waals surface area contributed by atoms with Gasteiger partial charge in [0.25, 0.3) is 0 Å². The van der Waals surface area contributed by atoms with E-state index in [0.717, 1.165) is 44.1 Å². The van der Waals surface area contributed by atoms with Crippen LogP contribution in [0.25, 0.3) is 0 Å². The molecule has 2 unspecified atom stereocenters. The Kier molecular flexibility index (Phi) is 8.03. The molecule has 1 heterocycles. The van der Waals surface area contributed by atoms with E-state index < -0.39 is 23.6 Å². The van der Waals surface area contributed by atoms with Gasteiger partial charge in [-0.25, -0.2) is 4.79 Å². The summed E-state index contributed by atoms with van der Waals surface area (Å²) in [6.07, 6.45) is 7.76. The molecule has 1 aromatic carbocycles. The SMILES string of the molecule is Cc1cccc(N(C(N)=O)C2CCCC(C3CCCCC3)N(CC(=O)OC(C)(C)C)C2=O)c1. The van der Waals surface area contributed by atoms with Gasteiger partial charge < -0.3 is 15.4 Å². The minimum atomic E-state index is -0.736. The Balaban J connectivity index is 1.94. The van der Waals surface area contributed by atoms with Crippen molar-refractivity contribution >= 4 is 23.6 Å². The Labute approximate surface area is 197 Å². The third-order valence-electron chi connectivity index (χ3n) is 6.69. The summed E-state index contributed by atoms with van der Waals surface area (Å²) >= 11 is 0. The first-order chi connectivity index (χ1) is 15.6. The van der Waals surface area contributed by atoms with Gasteiger partial charge in [-0.2, -0.15) is 0 Å². The summed E-state index contributed by atoms with van der Waals surface area (Å²) in [7, 11) is 0. The summed E-state index contributed by atoms with van der Waals surface area (Å²) in [6, 6.07) is 6.03. The molecule has 1 saturated carbocycles. The average Bonchev–Trinajstić information content (AvgIpc) is 2.87. The number of benzene rings is 1. The number of rotatable bonds is 5. The maximum atomic E-state index is 14.0. The van der Waals surface area contributed by atoms with Crippen LogP contribution in [0.5, 0.6) is 0 Å². The maximum absolute atomic E-state index is 14.0. The van der Waals surface area contributed by atoms with Crippen LogP contribution < -0.4 is 10.6 Å². The number of likely N-dealkylation sites (tertiary alicyclic amines) is 1. The number of anilines is 1. The zero-order chi connectivity index (χ0) is 24.2. The van der Waals surface area contributed by atoms with Crippen molar-refractivity contribution in [3.05, 3.63) is 29.8 Å². The first-order valence-electron chi connectivity index (χ1n) is 12.2. The first-order valence-corrected chi connectivity index (χ1v) is 12.2. The van der Waals surface area contributed by atoms with Crippen molar-refractivity contribution in [3.63, 3.8) is 0 Å². The first kappa shape index (κ1) is 25.1. The molecule has 2 aliphatic rings. The van der Waals surface area contributed by atoms with Crippen LogP contribution in [0, 0.1) is 12.8 Å². The molecule has 33 heavy (non-hydrogen) atoms. The van der Waals surface area contributed by atoms with Crippen molar-refractivity contribution in [2.24, 2.45) is 11.7 Å². The van der Waals surface area contributed by atoms with Crippen LogP contribution >= 0.6 is 0 Å². The molecule has 2 N–H and O–H groups in total. The fraction of sp³-hybridized carbons (Fsp3) is 0.654. The van der Waals surface area contributed by atoms with Gasteiger partial charge in [0.05, 0.1) is 0 Å². The third-order valence-corrected chi connectivity index (χ3v) is 6.69. The van der Waals surface area contributed by atoms with Gasteiger partial charge in [-0.1, -0.05) is 31.4 Å². The molecule has 3 amide bonds.